The fourth-order valence-corrected chi connectivity index (χ4v) is 2.95. The van der Waals surface area contributed by atoms with Gasteiger partial charge in [-0.25, -0.2) is 0 Å². The minimum absolute atomic E-state index is 0.00921. The Bertz CT molecular complexity index is 740. The van der Waals surface area contributed by atoms with Crippen LogP contribution in [0.15, 0.2) is 45.8 Å². The number of hydrogen-bond donors (Lipinski definition) is 0. The van der Waals surface area contributed by atoms with E-state index >= 15 is 0 Å². The molecule has 0 saturated carbocycles. The van der Waals surface area contributed by atoms with E-state index in [0.29, 0.717) is 11.5 Å². The summed E-state index contributed by atoms with van der Waals surface area (Å²) in [6, 6.07) is 11.4. The largest absolute Gasteiger partial charge is 0.453 e. The molecule has 0 aliphatic carbocycles. The van der Waals surface area contributed by atoms with Crippen LogP contribution in [0.4, 0.5) is 0 Å². The topological polar surface area (TPSA) is 48.0 Å². The molecule has 1 aromatic carbocycles. The highest BCUT2D eigenvalue weighted by atomic mass is 32.2. The number of furan rings is 1. The van der Waals surface area contributed by atoms with E-state index in [1.807, 2.05) is 44.3 Å². The maximum atomic E-state index is 12.2. The van der Waals surface area contributed by atoms with E-state index < -0.39 is 0 Å². The van der Waals surface area contributed by atoms with Crippen molar-refractivity contribution in [1.29, 1.82) is 0 Å². The Morgan fingerprint density at radius 3 is 2.85 bits per heavy atom. The number of ketones is 1. The van der Waals surface area contributed by atoms with Crippen LogP contribution in [0, 0.1) is 6.92 Å². The SMILES string of the molecule is Cc1cc(SCC(=O)c2cc3ccccc3o2)n(C)n1. The molecule has 0 atom stereocenters. The Morgan fingerprint density at radius 2 is 2.15 bits per heavy atom. The van der Waals surface area contributed by atoms with Gasteiger partial charge >= 0.3 is 0 Å². The number of aryl methyl sites for hydroxylation is 2. The first-order valence-electron chi connectivity index (χ1n) is 6.29. The van der Waals surface area contributed by atoms with Crippen molar-refractivity contribution in [2.45, 2.75) is 11.9 Å². The number of para-hydroxylation sites is 1. The lowest BCUT2D eigenvalue weighted by Crippen LogP contribution is -2.02. The van der Waals surface area contributed by atoms with E-state index in [4.69, 9.17) is 4.42 Å². The van der Waals surface area contributed by atoms with Crippen LogP contribution >= 0.6 is 11.8 Å². The van der Waals surface area contributed by atoms with Gasteiger partial charge in [0.15, 0.2) is 5.76 Å². The average Bonchev–Trinajstić information content (AvgIpc) is 2.99. The minimum Gasteiger partial charge on any atom is -0.453 e. The van der Waals surface area contributed by atoms with Crippen molar-refractivity contribution < 1.29 is 9.21 Å². The van der Waals surface area contributed by atoms with Crippen LogP contribution in [-0.4, -0.2) is 21.3 Å². The summed E-state index contributed by atoms with van der Waals surface area (Å²) in [5, 5.41) is 6.19. The zero-order chi connectivity index (χ0) is 14.1. The lowest BCUT2D eigenvalue weighted by atomic mass is 10.2. The summed E-state index contributed by atoms with van der Waals surface area (Å²) in [4.78, 5) is 12.2. The van der Waals surface area contributed by atoms with Gasteiger partial charge in [0.2, 0.25) is 5.78 Å². The number of aromatic nitrogens is 2. The number of hydrogen-bond acceptors (Lipinski definition) is 4. The molecule has 3 aromatic rings. The molecule has 3 rings (SSSR count). The highest BCUT2D eigenvalue weighted by Crippen LogP contribution is 2.23. The van der Waals surface area contributed by atoms with Crippen LogP contribution < -0.4 is 0 Å². The van der Waals surface area contributed by atoms with Gasteiger partial charge in [0.25, 0.3) is 0 Å². The number of rotatable bonds is 4. The normalized spacial score (nSPS) is 11.1. The maximum Gasteiger partial charge on any atom is 0.208 e. The molecular weight excluding hydrogens is 272 g/mol. The first-order valence-corrected chi connectivity index (χ1v) is 7.27. The van der Waals surface area contributed by atoms with E-state index in [1.54, 1.807) is 10.7 Å². The standard InChI is InChI=1S/C15H14N2O2S/c1-10-7-15(17(2)16-10)20-9-12(18)14-8-11-5-3-4-6-13(11)19-14/h3-8H,9H2,1-2H3. The van der Waals surface area contributed by atoms with Gasteiger partial charge < -0.3 is 4.42 Å². The molecule has 0 N–H and O–H groups in total. The van der Waals surface area contributed by atoms with Gasteiger partial charge in [-0.1, -0.05) is 30.0 Å². The first-order chi connectivity index (χ1) is 9.63. The summed E-state index contributed by atoms with van der Waals surface area (Å²) in [5.41, 5.74) is 1.70. The van der Waals surface area contributed by atoms with Crippen molar-refractivity contribution in [2.75, 3.05) is 5.75 Å². The molecule has 0 radical (unpaired) electrons. The Kier molecular flexibility index (Phi) is 3.36. The van der Waals surface area contributed by atoms with Crippen LogP contribution in [-0.2, 0) is 7.05 Å². The van der Waals surface area contributed by atoms with Gasteiger partial charge in [-0.3, -0.25) is 9.48 Å². The van der Waals surface area contributed by atoms with Crippen molar-refractivity contribution >= 4 is 28.5 Å². The molecular formula is C15H14N2O2S. The second-order valence-electron chi connectivity index (χ2n) is 4.61. The van der Waals surface area contributed by atoms with E-state index in [-0.39, 0.29) is 5.78 Å². The lowest BCUT2D eigenvalue weighted by molar-refractivity contribution is 0.0994. The van der Waals surface area contributed by atoms with E-state index in [1.165, 1.54) is 11.8 Å². The number of fused-ring (bicyclic) bond motifs is 1. The Balaban J connectivity index is 1.74. The molecule has 0 aliphatic heterocycles. The monoisotopic (exact) mass is 286 g/mol. The Morgan fingerprint density at radius 1 is 1.35 bits per heavy atom. The highest BCUT2D eigenvalue weighted by Gasteiger charge is 2.13. The lowest BCUT2D eigenvalue weighted by Gasteiger charge is -1.99. The highest BCUT2D eigenvalue weighted by molar-refractivity contribution is 7.99. The molecule has 0 aliphatic rings. The Hall–Kier alpha value is -2.01. The van der Waals surface area contributed by atoms with Crippen molar-refractivity contribution in [1.82, 2.24) is 9.78 Å². The maximum absolute atomic E-state index is 12.2. The summed E-state index contributed by atoms with van der Waals surface area (Å²) in [5.74, 6) is 0.751. The molecule has 4 nitrogen and oxygen atoms in total. The zero-order valence-electron chi connectivity index (χ0n) is 11.3. The quantitative estimate of drug-likeness (QED) is 0.544. The van der Waals surface area contributed by atoms with Crippen LogP contribution in [0.3, 0.4) is 0 Å². The van der Waals surface area contributed by atoms with Gasteiger partial charge in [0, 0.05) is 12.4 Å². The number of benzene rings is 1. The van der Waals surface area contributed by atoms with Gasteiger partial charge in [0.1, 0.15) is 5.58 Å². The van der Waals surface area contributed by atoms with Crippen molar-refractivity contribution in [2.24, 2.45) is 7.05 Å². The van der Waals surface area contributed by atoms with Crippen LogP contribution in [0.2, 0.25) is 0 Å². The van der Waals surface area contributed by atoms with E-state index in [2.05, 4.69) is 5.10 Å². The molecule has 0 saturated heterocycles. The fourth-order valence-electron chi connectivity index (χ4n) is 2.05. The summed E-state index contributed by atoms with van der Waals surface area (Å²) >= 11 is 1.47. The molecule has 0 unspecified atom stereocenters. The third-order valence-corrected chi connectivity index (χ3v) is 4.09. The van der Waals surface area contributed by atoms with Gasteiger partial charge in [-0.05, 0) is 25.1 Å². The van der Waals surface area contributed by atoms with Gasteiger partial charge in [-0.15, -0.1) is 0 Å². The van der Waals surface area contributed by atoms with Crippen LogP contribution in [0.5, 0.6) is 0 Å². The smallest absolute Gasteiger partial charge is 0.208 e. The first kappa shape index (κ1) is 13.0. The number of thioether (sulfide) groups is 1. The molecule has 20 heavy (non-hydrogen) atoms. The van der Waals surface area contributed by atoms with Crippen molar-refractivity contribution in [3.05, 3.63) is 47.9 Å². The molecule has 102 valence electrons. The molecule has 0 fully saturated rings. The second-order valence-corrected chi connectivity index (χ2v) is 5.60. The fraction of sp³-hybridized carbons (Fsp3) is 0.200. The number of nitrogens with zero attached hydrogens (tertiary/aromatic N) is 2. The third-order valence-electron chi connectivity index (χ3n) is 3.01. The average molecular weight is 286 g/mol. The van der Waals surface area contributed by atoms with Crippen LogP contribution in [0.1, 0.15) is 16.2 Å². The second kappa shape index (κ2) is 5.17. The molecule has 2 aromatic heterocycles. The molecule has 2 heterocycles. The van der Waals surface area contributed by atoms with Crippen molar-refractivity contribution in [3.63, 3.8) is 0 Å². The summed E-state index contributed by atoms with van der Waals surface area (Å²) in [6.07, 6.45) is 0. The number of Topliss-reactive ketones (excluding diaryl/α,β-unsaturated/α-hetero) is 1. The molecule has 5 heteroatoms. The molecule has 0 bridgehead atoms. The predicted octanol–water partition coefficient (Wildman–Crippen LogP) is 3.45. The van der Waals surface area contributed by atoms with E-state index in [0.717, 1.165) is 21.7 Å². The summed E-state index contributed by atoms with van der Waals surface area (Å²) in [6.45, 7) is 1.94. The predicted molar refractivity (Wildman–Crippen MR) is 79.2 cm³/mol. The van der Waals surface area contributed by atoms with Crippen molar-refractivity contribution in [3.8, 4) is 0 Å². The zero-order valence-corrected chi connectivity index (χ0v) is 12.1. The molecule has 0 spiro atoms. The number of carbonyl (C=O) groups excluding carboxylic acids is 1. The van der Waals surface area contributed by atoms with Gasteiger partial charge in [0.05, 0.1) is 16.5 Å². The summed E-state index contributed by atoms with van der Waals surface area (Å²) < 4.78 is 7.35. The third kappa shape index (κ3) is 2.49. The van der Waals surface area contributed by atoms with Crippen LogP contribution in [0.25, 0.3) is 11.0 Å². The molecule has 0 amide bonds. The number of carbonyl (C=O) groups is 1. The minimum atomic E-state index is -0.00921. The Labute approximate surface area is 120 Å². The van der Waals surface area contributed by atoms with Gasteiger partial charge in [-0.2, -0.15) is 5.10 Å². The summed E-state index contributed by atoms with van der Waals surface area (Å²) in [7, 11) is 1.88. The van der Waals surface area contributed by atoms with E-state index in [9.17, 15) is 4.79 Å².